The topological polar surface area (TPSA) is 67.1 Å². The van der Waals surface area contributed by atoms with Crippen LogP contribution in [-0.4, -0.2) is 20.5 Å². The van der Waals surface area contributed by atoms with Gasteiger partial charge in [-0.2, -0.15) is 10.2 Å². The molecule has 0 spiro atoms. The van der Waals surface area contributed by atoms with Gasteiger partial charge in [-0.1, -0.05) is 30.8 Å². The fourth-order valence-corrected chi connectivity index (χ4v) is 3.88. The number of anilines is 1. The van der Waals surface area contributed by atoms with Gasteiger partial charge < -0.3 is 5.32 Å². The number of rotatable bonds is 2. The van der Waals surface area contributed by atoms with Crippen LogP contribution >= 0.6 is 0 Å². The van der Waals surface area contributed by atoms with Crippen molar-refractivity contribution in [2.24, 2.45) is 12.1 Å². The number of nitrogens with zero attached hydrogens (tertiary/aromatic N) is 4. The molecule has 0 saturated heterocycles. The second-order valence-corrected chi connectivity index (χ2v) is 6.71. The Kier molecular flexibility index (Phi) is 3.36. The number of halogens is 1. The van der Waals surface area contributed by atoms with Gasteiger partial charge in [-0.25, -0.2) is 9.37 Å². The molecule has 1 aromatic heterocycles. The van der Waals surface area contributed by atoms with E-state index in [0.717, 1.165) is 39.6 Å². The highest BCUT2D eigenvalue weighted by atomic mass is 19.1. The van der Waals surface area contributed by atoms with E-state index < -0.39 is 0 Å². The van der Waals surface area contributed by atoms with Crippen molar-refractivity contribution in [3.05, 3.63) is 83.7 Å². The Labute approximate surface area is 155 Å². The van der Waals surface area contributed by atoms with E-state index in [2.05, 4.69) is 32.5 Å². The van der Waals surface area contributed by atoms with Gasteiger partial charge in [-0.15, -0.1) is 0 Å². The Hall–Kier alpha value is -3.48. The second-order valence-electron chi connectivity index (χ2n) is 6.71. The molecule has 2 N–H and O–H groups in total. The Bertz CT molecular complexity index is 1080. The van der Waals surface area contributed by atoms with Gasteiger partial charge in [0.05, 0.1) is 23.4 Å². The third kappa shape index (κ3) is 2.35. The fraction of sp³-hybridized carbons (Fsp3) is 0.150. The molecule has 0 bridgehead atoms. The van der Waals surface area contributed by atoms with Crippen LogP contribution in [-0.2, 0) is 7.05 Å². The zero-order chi connectivity index (χ0) is 18.5. The van der Waals surface area contributed by atoms with Crippen molar-refractivity contribution in [2.75, 3.05) is 5.32 Å². The molecule has 2 aliphatic heterocycles. The number of aromatic nitrogens is 3. The molecule has 0 saturated carbocycles. The van der Waals surface area contributed by atoms with E-state index in [9.17, 15) is 4.39 Å². The minimum atomic E-state index is -0.263. The van der Waals surface area contributed by atoms with E-state index in [0.29, 0.717) is 0 Å². The molecular formula is C20H17FN6. The summed E-state index contributed by atoms with van der Waals surface area (Å²) in [6.07, 6.45) is 1.54. The maximum absolute atomic E-state index is 13.5. The first kappa shape index (κ1) is 15.7. The van der Waals surface area contributed by atoms with Crippen LogP contribution < -0.4 is 10.7 Å². The number of benzene rings is 2. The van der Waals surface area contributed by atoms with Crippen molar-refractivity contribution >= 4 is 17.1 Å². The SMILES string of the molecule is C=C1NN=C2c3c(cccc31)NC(c1ccc(F)cc1)C2c1ncnn1C. The van der Waals surface area contributed by atoms with Crippen LogP contribution in [0.1, 0.15) is 34.5 Å². The summed E-state index contributed by atoms with van der Waals surface area (Å²) in [5, 5.41) is 12.5. The lowest BCUT2D eigenvalue weighted by molar-refractivity contribution is 0.602. The number of hydrogen-bond donors (Lipinski definition) is 2. The van der Waals surface area contributed by atoms with Gasteiger partial charge in [-0.05, 0) is 23.8 Å². The molecule has 2 unspecified atom stereocenters. The third-order valence-corrected chi connectivity index (χ3v) is 5.15. The molecule has 7 heteroatoms. The van der Waals surface area contributed by atoms with Gasteiger partial charge in [-0.3, -0.25) is 10.1 Å². The molecule has 0 radical (unpaired) electrons. The van der Waals surface area contributed by atoms with Crippen LogP contribution in [0.5, 0.6) is 0 Å². The smallest absolute Gasteiger partial charge is 0.138 e. The average Bonchev–Trinajstić information content (AvgIpc) is 3.10. The summed E-state index contributed by atoms with van der Waals surface area (Å²) in [6.45, 7) is 4.06. The van der Waals surface area contributed by atoms with Crippen molar-refractivity contribution in [1.82, 2.24) is 20.2 Å². The highest BCUT2D eigenvalue weighted by Crippen LogP contribution is 2.45. The largest absolute Gasteiger partial charge is 0.377 e. The first-order chi connectivity index (χ1) is 13.1. The first-order valence-electron chi connectivity index (χ1n) is 8.65. The van der Waals surface area contributed by atoms with Crippen molar-refractivity contribution < 1.29 is 4.39 Å². The maximum Gasteiger partial charge on any atom is 0.138 e. The zero-order valence-electron chi connectivity index (χ0n) is 14.6. The molecule has 3 aromatic rings. The Morgan fingerprint density at radius 3 is 2.70 bits per heavy atom. The van der Waals surface area contributed by atoms with Crippen LogP contribution in [0.15, 0.2) is 60.5 Å². The number of hydrazone groups is 1. The molecule has 6 nitrogen and oxygen atoms in total. The standard InChI is InChI=1S/C20H17FN6/c1-11-14-4-3-5-15-16(14)19(26-25-11)17(20-22-10-23-27(20)2)18(24-15)12-6-8-13(21)9-7-12/h3-10,17-18,24-25H,1H2,2H3. The molecule has 0 fully saturated rings. The first-order valence-corrected chi connectivity index (χ1v) is 8.65. The van der Waals surface area contributed by atoms with E-state index in [4.69, 9.17) is 0 Å². The molecule has 3 heterocycles. The van der Waals surface area contributed by atoms with Crippen LogP contribution in [0, 0.1) is 5.82 Å². The number of hydrogen-bond acceptors (Lipinski definition) is 5. The molecule has 134 valence electrons. The molecule has 2 aliphatic rings. The van der Waals surface area contributed by atoms with E-state index >= 15 is 0 Å². The van der Waals surface area contributed by atoms with Gasteiger partial charge in [0.1, 0.15) is 18.0 Å². The number of nitrogens with one attached hydrogen (secondary N) is 2. The molecule has 2 atom stereocenters. The predicted molar refractivity (Wildman–Crippen MR) is 102 cm³/mol. The van der Waals surface area contributed by atoms with Crippen LogP contribution in [0.4, 0.5) is 10.1 Å². The lowest BCUT2D eigenvalue weighted by Crippen LogP contribution is -2.37. The molecule has 5 rings (SSSR count). The summed E-state index contributed by atoms with van der Waals surface area (Å²) in [5.74, 6) is 0.322. The van der Waals surface area contributed by atoms with E-state index in [1.165, 1.54) is 18.5 Å². The van der Waals surface area contributed by atoms with Crippen LogP contribution in [0.25, 0.3) is 5.70 Å². The van der Waals surface area contributed by atoms with Gasteiger partial charge in [0.25, 0.3) is 0 Å². The summed E-state index contributed by atoms with van der Waals surface area (Å²) in [4.78, 5) is 4.48. The van der Waals surface area contributed by atoms with Gasteiger partial charge >= 0.3 is 0 Å². The second kappa shape index (κ2) is 5.77. The third-order valence-electron chi connectivity index (χ3n) is 5.15. The zero-order valence-corrected chi connectivity index (χ0v) is 14.6. The molecule has 27 heavy (non-hydrogen) atoms. The van der Waals surface area contributed by atoms with Crippen molar-refractivity contribution in [1.29, 1.82) is 0 Å². The molecular weight excluding hydrogens is 343 g/mol. The lowest BCUT2D eigenvalue weighted by Gasteiger charge is -2.38. The summed E-state index contributed by atoms with van der Waals surface area (Å²) >= 11 is 0. The fourth-order valence-electron chi connectivity index (χ4n) is 3.88. The minimum Gasteiger partial charge on any atom is -0.377 e. The van der Waals surface area contributed by atoms with Crippen molar-refractivity contribution in [2.45, 2.75) is 12.0 Å². The summed E-state index contributed by atoms with van der Waals surface area (Å²) in [5.41, 5.74) is 8.63. The highest BCUT2D eigenvalue weighted by Gasteiger charge is 2.41. The summed E-state index contributed by atoms with van der Waals surface area (Å²) in [6, 6.07) is 12.4. The Morgan fingerprint density at radius 1 is 1.15 bits per heavy atom. The minimum absolute atomic E-state index is 0.164. The van der Waals surface area contributed by atoms with Crippen LogP contribution in [0.3, 0.4) is 0 Å². The summed E-state index contributed by atoms with van der Waals surface area (Å²) < 4.78 is 15.2. The summed E-state index contributed by atoms with van der Waals surface area (Å²) in [7, 11) is 1.86. The quantitative estimate of drug-likeness (QED) is 0.737. The van der Waals surface area contributed by atoms with Gasteiger partial charge in [0, 0.05) is 23.9 Å². The monoisotopic (exact) mass is 360 g/mol. The predicted octanol–water partition coefficient (Wildman–Crippen LogP) is 3.18. The average molecular weight is 360 g/mol. The van der Waals surface area contributed by atoms with Gasteiger partial charge in [0.15, 0.2) is 0 Å². The molecule has 2 aromatic carbocycles. The van der Waals surface area contributed by atoms with Crippen LogP contribution in [0.2, 0.25) is 0 Å². The lowest BCUT2D eigenvalue weighted by atomic mass is 9.79. The Morgan fingerprint density at radius 2 is 1.96 bits per heavy atom. The van der Waals surface area contributed by atoms with E-state index in [1.54, 1.807) is 16.8 Å². The Balaban J connectivity index is 1.75. The highest BCUT2D eigenvalue weighted by molar-refractivity contribution is 6.15. The van der Waals surface area contributed by atoms with E-state index in [-0.39, 0.29) is 17.8 Å². The van der Waals surface area contributed by atoms with Crippen molar-refractivity contribution in [3.8, 4) is 0 Å². The van der Waals surface area contributed by atoms with E-state index in [1.807, 2.05) is 25.2 Å². The maximum atomic E-state index is 13.5. The van der Waals surface area contributed by atoms with Gasteiger partial charge in [0.2, 0.25) is 0 Å². The van der Waals surface area contributed by atoms with Crippen molar-refractivity contribution in [3.63, 3.8) is 0 Å². The number of aryl methyl sites for hydroxylation is 1. The normalized spacial score (nSPS) is 20.4. The molecule has 0 aliphatic carbocycles. The molecule has 0 amide bonds.